The van der Waals surface area contributed by atoms with Crippen LogP contribution in [0.4, 0.5) is 11.4 Å². The first kappa shape index (κ1) is 13.8. The molecule has 0 radical (unpaired) electrons. The third-order valence-electron chi connectivity index (χ3n) is 2.20. The molecule has 1 amide bonds. The number of anilines is 1. The second kappa shape index (κ2) is 6.43. The number of carbonyl (C=O) groups excluding carboxylic acids is 1. The Morgan fingerprint density at radius 1 is 1.50 bits per heavy atom. The molecule has 0 atom stereocenters. The summed E-state index contributed by atoms with van der Waals surface area (Å²) < 4.78 is 4.92. The minimum Gasteiger partial charge on any atom is -0.490 e. The number of nitrogens with zero attached hydrogens (tertiary/aromatic N) is 1. The van der Waals surface area contributed by atoms with Crippen molar-refractivity contribution in [2.75, 3.05) is 25.5 Å². The summed E-state index contributed by atoms with van der Waals surface area (Å²) in [4.78, 5) is 21.4. The van der Waals surface area contributed by atoms with Gasteiger partial charge in [0.15, 0.2) is 5.75 Å². The Kier molecular flexibility index (Phi) is 4.91. The molecule has 7 heteroatoms. The van der Waals surface area contributed by atoms with Crippen LogP contribution in [0.2, 0.25) is 0 Å². The predicted molar refractivity (Wildman–Crippen MR) is 66.8 cm³/mol. The average Bonchev–Trinajstić information content (AvgIpc) is 2.36. The van der Waals surface area contributed by atoms with Gasteiger partial charge in [0.1, 0.15) is 0 Å². The van der Waals surface area contributed by atoms with Gasteiger partial charge in [0.25, 0.3) is 0 Å². The van der Waals surface area contributed by atoms with E-state index in [1.807, 2.05) is 6.92 Å². The molecule has 1 aromatic rings. The molecule has 0 spiro atoms. The molecule has 1 rings (SSSR count). The van der Waals surface area contributed by atoms with Gasteiger partial charge in [-0.2, -0.15) is 0 Å². The van der Waals surface area contributed by atoms with Gasteiger partial charge < -0.3 is 15.4 Å². The molecule has 1 aromatic carbocycles. The molecule has 0 saturated heterocycles. The maximum Gasteiger partial charge on any atom is 0.311 e. The third kappa shape index (κ3) is 3.62. The van der Waals surface area contributed by atoms with Crippen LogP contribution in [-0.4, -0.2) is 31.0 Å². The van der Waals surface area contributed by atoms with Crippen molar-refractivity contribution in [3.8, 4) is 5.75 Å². The molecule has 0 aliphatic carbocycles. The van der Waals surface area contributed by atoms with Gasteiger partial charge in [0, 0.05) is 24.4 Å². The fourth-order valence-electron chi connectivity index (χ4n) is 1.38. The van der Waals surface area contributed by atoms with Crippen molar-refractivity contribution < 1.29 is 14.5 Å². The van der Waals surface area contributed by atoms with Crippen LogP contribution < -0.4 is 15.4 Å². The van der Waals surface area contributed by atoms with Crippen LogP contribution in [0.15, 0.2) is 18.2 Å². The largest absolute Gasteiger partial charge is 0.490 e. The molecule has 2 N–H and O–H groups in total. The molecule has 0 saturated carbocycles. The first-order valence-electron chi connectivity index (χ1n) is 5.41. The van der Waals surface area contributed by atoms with Gasteiger partial charge >= 0.3 is 5.69 Å². The summed E-state index contributed by atoms with van der Waals surface area (Å²) in [6, 6.07) is 4.34. The highest BCUT2D eigenvalue weighted by Gasteiger charge is 2.14. The van der Waals surface area contributed by atoms with E-state index in [2.05, 4.69) is 10.6 Å². The summed E-state index contributed by atoms with van der Waals surface area (Å²) >= 11 is 0. The zero-order chi connectivity index (χ0) is 13.5. The number of nitro groups is 1. The number of likely N-dealkylation sites (N-methyl/N-ethyl adjacent to an activating group) is 1. The molecular weight excluding hydrogens is 238 g/mol. The topological polar surface area (TPSA) is 93.5 Å². The molecule has 0 aliphatic rings. The van der Waals surface area contributed by atoms with Gasteiger partial charge in [-0.1, -0.05) is 0 Å². The highest BCUT2D eigenvalue weighted by atomic mass is 16.6. The highest BCUT2D eigenvalue weighted by molar-refractivity contribution is 5.80. The molecule has 0 aliphatic heterocycles. The van der Waals surface area contributed by atoms with Crippen LogP contribution >= 0.6 is 0 Å². The summed E-state index contributed by atoms with van der Waals surface area (Å²) in [6.07, 6.45) is 0. The number of hydrogen-bond donors (Lipinski definition) is 2. The normalized spacial score (nSPS) is 9.67. The lowest BCUT2D eigenvalue weighted by Gasteiger charge is -2.08. The van der Waals surface area contributed by atoms with E-state index in [-0.39, 0.29) is 23.9 Å². The molecule has 98 valence electrons. The van der Waals surface area contributed by atoms with E-state index in [0.29, 0.717) is 12.2 Å². The molecule has 0 aromatic heterocycles. The third-order valence-corrected chi connectivity index (χ3v) is 2.20. The molecule has 0 fully saturated rings. The van der Waals surface area contributed by atoms with Crippen molar-refractivity contribution >= 4 is 17.3 Å². The van der Waals surface area contributed by atoms with Crippen LogP contribution in [0.5, 0.6) is 5.75 Å². The Hall–Kier alpha value is -2.31. The van der Waals surface area contributed by atoms with Crippen molar-refractivity contribution in [3.63, 3.8) is 0 Å². The molecule has 7 nitrogen and oxygen atoms in total. The maximum atomic E-state index is 11.2. The van der Waals surface area contributed by atoms with Crippen LogP contribution in [0.25, 0.3) is 0 Å². The number of benzene rings is 1. The monoisotopic (exact) mass is 253 g/mol. The van der Waals surface area contributed by atoms with Crippen molar-refractivity contribution in [3.05, 3.63) is 28.3 Å². The van der Waals surface area contributed by atoms with Crippen molar-refractivity contribution in [1.29, 1.82) is 0 Å². The fraction of sp³-hybridized carbons (Fsp3) is 0.364. The quantitative estimate of drug-likeness (QED) is 0.586. The number of ether oxygens (including phenoxy) is 1. The zero-order valence-electron chi connectivity index (χ0n) is 10.2. The Balaban J connectivity index is 2.74. The summed E-state index contributed by atoms with van der Waals surface area (Å²) in [7, 11) is 1.36. The number of hydrogen-bond acceptors (Lipinski definition) is 5. The molecule has 0 bridgehead atoms. The lowest BCUT2D eigenvalue weighted by atomic mass is 10.2. The minimum atomic E-state index is -0.521. The second-order valence-electron chi connectivity index (χ2n) is 3.45. The number of carbonyl (C=O) groups is 1. The van der Waals surface area contributed by atoms with Gasteiger partial charge in [0.05, 0.1) is 18.6 Å². The van der Waals surface area contributed by atoms with E-state index in [1.165, 1.54) is 25.3 Å². The Morgan fingerprint density at radius 2 is 2.22 bits per heavy atom. The molecular formula is C11H15N3O4. The Bertz CT molecular complexity index is 448. The van der Waals surface area contributed by atoms with Gasteiger partial charge in [0.2, 0.25) is 5.91 Å². The molecule has 18 heavy (non-hydrogen) atoms. The number of rotatable bonds is 6. The Labute approximate surface area is 104 Å². The van der Waals surface area contributed by atoms with E-state index in [1.54, 1.807) is 0 Å². The zero-order valence-corrected chi connectivity index (χ0v) is 10.2. The summed E-state index contributed by atoms with van der Waals surface area (Å²) in [5.41, 5.74) is 0.477. The lowest BCUT2D eigenvalue weighted by molar-refractivity contribution is -0.385. The molecule has 0 heterocycles. The highest BCUT2D eigenvalue weighted by Crippen LogP contribution is 2.29. The first-order valence-corrected chi connectivity index (χ1v) is 5.41. The van der Waals surface area contributed by atoms with E-state index < -0.39 is 4.92 Å². The first-order chi connectivity index (χ1) is 8.58. The van der Waals surface area contributed by atoms with Crippen molar-refractivity contribution in [2.24, 2.45) is 0 Å². The predicted octanol–water partition coefficient (Wildman–Crippen LogP) is 1.15. The number of nitro benzene ring substituents is 1. The number of methoxy groups -OCH3 is 1. The molecule has 0 unspecified atom stereocenters. The summed E-state index contributed by atoms with van der Waals surface area (Å²) in [5.74, 6) is 0.00993. The van der Waals surface area contributed by atoms with E-state index in [0.717, 1.165) is 0 Å². The van der Waals surface area contributed by atoms with Gasteiger partial charge in [-0.15, -0.1) is 0 Å². The average molecular weight is 253 g/mol. The van der Waals surface area contributed by atoms with E-state index in [9.17, 15) is 14.9 Å². The van der Waals surface area contributed by atoms with Gasteiger partial charge in [-0.25, -0.2) is 0 Å². The number of nitrogens with one attached hydrogen (secondary N) is 2. The fourth-order valence-corrected chi connectivity index (χ4v) is 1.38. The lowest BCUT2D eigenvalue weighted by Crippen LogP contribution is -2.29. The van der Waals surface area contributed by atoms with E-state index in [4.69, 9.17) is 4.74 Å². The van der Waals surface area contributed by atoms with Crippen LogP contribution in [0.3, 0.4) is 0 Å². The number of amides is 1. The van der Waals surface area contributed by atoms with Gasteiger partial charge in [-0.3, -0.25) is 14.9 Å². The maximum absolute atomic E-state index is 11.2. The van der Waals surface area contributed by atoms with Crippen LogP contribution in [-0.2, 0) is 4.79 Å². The smallest absolute Gasteiger partial charge is 0.311 e. The summed E-state index contributed by atoms with van der Waals surface area (Å²) in [6.45, 7) is 2.49. The minimum absolute atomic E-state index is 0.106. The van der Waals surface area contributed by atoms with Crippen LogP contribution in [0, 0.1) is 10.1 Å². The summed E-state index contributed by atoms with van der Waals surface area (Å²) in [5, 5.41) is 16.2. The van der Waals surface area contributed by atoms with Gasteiger partial charge in [-0.05, 0) is 13.0 Å². The standard InChI is InChI=1S/C11H15N3O4/c1-3-12-11(15)7-13-8-4-5-9(14(16)17)10(6-8)18-2/h4-6,13H,3,7H2,1-2H3,(H,12,15). The Morgan fingerprint density at radius 3 is 2.78 bits per heavy atom. The van der Waals surface area contributed by atoms with E-state index >= 15 is 0 Å². The van der Waals surface area contributed by atoms with Crippen LogP contribution in [0.1, 0.15) is 6.92 Å². The second-order valence-corrected chi connectivity index (χ2v) is 3.45. The SMILES string of the molecule is CCNC(=O)CNc1ccc([N+](=O)[O-])c(OC)c1. The van der Waals surface area contributed by atoms with Crippen molar-refractivity contribution in [2.45, 2.75) is 6.92 Å². The van der Waals surface area contributed by atoms with Crippen molar-refractivity contribution in [1.82, 2.24) is 5.32 Å².